The topological polar surface area (TPSA) is 17.0 Å². The number of aryl methyl sites for hydroxylation is 2. The summed E-state index contributed by atoms with van der Waals surface area (Å²) in [7, 11) is 0. The predicted molar refractivity (Wildman–Crippen MR) is 64.6 cm³/mol. The highest BCUT2D eigenvalue weighted by molar-refractivity contribution is 5.16. The largest absolute Gasteiger partial charge is 0.323 e. The summed E-state index contributed by atoms with van der Waals surface area (Å²) in [6.07, 6.45) is 2.66. The first kappa shape index (κ1) is 10.6. The summed E-state index contributed by atoms with van der Waals surface area (Å²) >= 11 is 0. The van der Waals surface area contributed by atoms with Gasteiger partial charge in [0.2, 0.25) is 0 Å². The van der Waals surface area contributed by atoms with E-state index in [0.29, 0.717) is 6.04 Å². The zero-order chi connectivity index (χ0) is 11.0. The maximum atomic E-state index is 3.60. The molecule has 0 amide bonds. The van der Waals surface area contributed by atoms with Gasteiger partial charge in [0, 0.05) is 17.4 Å². The van der Waals surface area contributed by atoms with Crippen LogP contribution in [0.1, 0.15) is 38.1 Å². The third-order valence-electron chi connectivity index (χ3n) is 3.70. The van der Waals surface area contributed by atoms with E-state index in [1.54, 1.807) is 0 Å². The molecule has 2 heteroatoms. The molecule has 1 aliphatic rings. The number of hydrogen-bond acceptors (Lipinski definition) is 1. The van der Waals surface area contributed by atoms with Gasteiger partial charge in [-0.2, -0.15) is 0 Å². The van der Waals surface area contributed by atoms with Crippen molar-refractivity contribution in [2.24, 2.45) is 11.8 Å². The van der Waals surface area contributed by atoms with Crippen LogP contribution in [0.25, 0.3) is 0 Å². The first-order chi connectivity index (χ1) is 7.08. The Morgan fingerprint density at radius 3 is 2.20 bits per heavy atom. The zero-order valence-corrected chi connectivity index (χ0v) is 10.2. The number of aromatic nitrogens is 1. The third-order valence-corrected chi connectivity index (χ3v) is 3.70. The Hall–Kier alpha value is -0.920. The quantitative estimate of drug-likeness (QED) is 0.804. The van der Waals surface area contributed by atoms with E-state index in [2.05, 4.69) is 49.9 Å². The second kappa shape index (κ2) is 3.92. The van der Waals surface area contributed by atoms with Crippen LogP contribution in [0.2, 0.25) is 0 Å². The van der Waals surface area contributed by atoms with Gasteiger partial charge in [-0.1, -0.05) is 13.8 Å². The van der Waals surface area contributed by atoms with Gasteiger partial charge in [-0.3, -0.25) is 4.68 Å². The van der Waals surface area contributed by atoms with E-state index in [0.717, 1.165) is 11.8 Å². The molecule has 15 heavy (non-hydrogen) atoms. The van der Waals surface area contributed by atoms with Crippen LogP contribution in [0.4, 0.5) is 0 Å². The molecule has 84 valence electrons. The van der Waals surface area contributed by atoms with Crippen molar-refractivity contribution in [1.82, 2.24) is 4.68 Å². The van der Waals surface area contributed by atoms with E-state index in [-0.39, 0.29) is 0 Å². The van der Waals surface area contributed by atoms with Crippen molar-refractivity contribution in [3.05, 3.63) is 23.5 Å². The van der Waals surface area contributed by atoms with E-state index in [9.17, 15) is 0 Å². The van der Waals surface area contributed by atoms with Gasteiger partial charge in [-0.15, -0.1) is 0 Å². The van der Waals surface area contributed by atoms with Crippen LogP contribution in [0.3, 0.4) is 0 Å². The molecule has 0 radical (unpaired) electrons. The average molecular weight is 206 g/mol. The smallest absolute Gasteiger partial charge is 0.0430 e. The molecule has 1 aromatic heterocycles. The Bertz CT molecular complexity index is 313. The van der Waals surface area contributed by atoms with Crippen molar-refractivity contribution in [2.75, 3.05) is 5.43 Å². The molecule has 0 atom stereocenters. The lowest BCUT2D eigenvalue weighted by atomic mass is 9.74. The standard InChI is InChI=1S/C13H22N2/c1-9(2)12-7-13(8-12)14-15-10(3)5-6-11(15)4/h5-6,9,12-14H,7-8H2,1-4H3. The van der Waals surface area contributed by atoms with Gasteiger partial charge >= 0.3 is 0 Å². The summed E-state index contributed by atoms with van der Waals surface area (Å²) in [6.45, 7) is 8.96. The van der Waals surface area contributed by atoms with Gasteiger partial charge in [-0.25, -0.2) is 0 Å². The monoisotopic (exact) mass is 206 g/mol. The fourth-order valence-corrected chi connectivity index (χ4v) is 2.37. The molecule has 0 bridgehead atoms. The Kier molecular flexibility index (Phi) is 2.76. The highest BCUT2D eigenvalue weighted by Gasteiger charge is 2.31. The van der Waals surface area contributed by atoms with Gasteiger partial charge in [0.25, 0.3) is 0 Å². The molecule has 0 saturated heterocycles. The maximum Gasteiger partial charge on any atom is 0.0430 e. The first-order valence-corrected chi connectivity index (χ1v) is 5.99. The number of nitrogens with one attached hydrogen (secondary N) is 1. The second-order valence-corrected chi connectivity index (χ2v) is 5.25. The van der Waals surface area contributed by atoms with Crippen molar-refractivity contribution in [3.8, 4) is 0 Å². The van der Waals surface area contributed by atoms with Gasteiger partial charge in [0.05, 0.1) is 0 Å². The van der Waals surface area contributed by atoms with E-state index in [1.165, 1.54) is 24.2 Å². The number of nitrogens with zero attached hydrogens (tertiary/aromatic N) is 1. The van der Waals surface area contributed by atoms with Crippen LogP contribution in [-0.2, 0) is 0 Å². The molecule has 2 rings (SSSR count). The summed E-state index contributed by atoms with van der Waals surface area (Å²) < 4.78 is 2.22. The normalized spacial score (nSPS) is 25.4. The molecule has 1 fully saturated rings. The summed E-state index contributed by atoms with van der Waals surface area (Å²) in [5.41, 5.74) is 6.21. The fourth-order valence-electron chi connectivity index (χ4n) is 2.37. The molecule has 1 saturated carbocycles. The van der Waals surface area contributed by atoms with Gasteiger partial charge < -0.3 is 5.43 Å². The molecular formula is C13H22N2. The van der Waals surface area contributed by atoms with Crippen LogP contribution >= 0.6 is 0 Å². The van der Waals surface area contributed by atoms with E-state index in [1.807, 2.05) is 0 Å². The lowest BCUT2D eigenvalue weighted by Gasteiger charge is -2.39. The maximum absolute atomic E-state index is 3.60. The zero-order valence-electron chi connectivity index (χ0n) is 10.2. The Morgan fingerprint density at radius 1 is 1.20 bits per heavy atom. The minimum atomic E-state index is 0.683. The van der Waals surface area contributed by atoms with Crippen LogP contribution in [0.15, 0.2) is 12.1 Å². The van der Waals surface area contributed by atoms with Crippen LogP contribution < -0.4 is 5.43 Å². The first-order valence-electron chi connectivity index (χ1n) is 5.99. The molecule has 0 aromatic carbocycles. The summed E-state index contributed by atoms with van der Waals surface area (Å²) in [5.74, 6) is 1.77. The Labute approximate surface area is 92.6 Å². The minimum absolute atomic E-state index is 0.683. The van der Waals surface area contributed by atoms with Crippen molar-refractivity contribution in [1.29, 1.82) is 0 Å². The van der Waals surface area contributed by atoms with Gasteiger partial charge in [0.15, 0.2) is 0 Å². The molecule has 1 aromatic rings. The van der Waals surface area contributed by atoms with Crippen molar-refractivity contribution >= 4 is 0 Å². The average Bonchev–Trinajstić information content (AvgIpc) is 2.39. The van der Waals surface area contributed by atoms with Crippen LogP contribution in [0, 0.1) is 25.7 Å². The molecule has 0 unspecified atom stereocenters. The Morgan fingerprint density at radius 2 is 1.73 bits per heavy atom. The summed E-state index contributed by atoms with van der Waals surface area (Å²) in [5, 5.41) is 0. The van der Waals surface area contributed by atoms with Crippen LogP contribution in [0.5, 0.6) is 0 Å². The summed E-state index contributed by atoms with van der Waals surface area (Å²) in [4.78, 5) is 0. The second-order valence-electron chi connectivity index (χ2n) is 5.25. The third kappa shape index (κ3) is 2.04. The highest BCUT2D eigenvalue weighted by Crippen LogP contribution is 2.34. The predicted octanol–water partition coefficient (Wildman–Crippen LogP) is 3.08. The Balaban J connectivity index is 1.90. The van der Waals surface area contributed by atoms with Crippen molar-refractivity contribution < 1.29 is 0 Å². The van der Waals surface area contributed by atoms with Crippen molar-refractivity contribution in [3.63, 3.8) is 0 Å². The lowest BCUT2D eigenvalue weighted by molar-refractivity contribution is 0.201. The van der Waals surface area contributed by atoms with Crippen LogP contribution in [-0.4, -0.2) is 10.7 Å². The molecule has 2 nitrogen and oxygen atoms in total. The fraction of sp³-hybridized carbons (Fsp3) is 0.692. The molecule has 1 N–H and O–H groups in total. The molecule has 0 aliphatic heterocycles. The van der Waals surface area contributed by atoms with Crippen molar-refractivity contribution in [2.45, 2.75) is 46.6 Å². The minimum Gasteiger partial charge on any atom is -0.323 e. The number of rotatable bonds is 3. The SMILES string of the molecule is Cc1ccc(C)n1NC1CC(C(C)C)C1. The van der Waals surface area contributed by atoms with Gasteiger partial charge in [-0.05, 0) is 50.7 Å². The van der Waals surface area contributed by atoms with E-state index in [4.69, 9.17) is 0 Å². The van der Waals surface area contributed by atoms with Gasteiger partial charge in [0.1, 0.15) is 0 Å². The van der Waals surface area contributed by atoms with E-state index >= 15 is 0 Å². The number of hydrogen-bond donors (Lipinski definition) is 1. The van der Waals surface area contributed by atoms with E-state index < -0.39 is 0 Å². The molecule has 1 aliphatic carbocycles. The molecular weight excluding hydrogens is 184 g/mol. The molecule has 1 heterocycles. The molecule has 0 spiro atoms. The lowest BCUT2D eigenvalue weighted by Crippen LogP contribution is -2.42. The highest BCUT2D eigenvalue weighted by atomic mass is 15.4. The summed E-state index contributed by atoms with van der Waals surface area (Å²) in [6, 6.07) is 5.02.